The van der Waals surface area contributed by atoms with E-state index in [0.29, 0.717) is 36.6 Å². The van der Waals surface area contributed by atoms with Crippen LogP contribution in [0.25, 0.3) is 0 Å². The summed E-state index contributed by atoms with van der Waals surface area (Å²) in [4.78, 5) is 14.3. The van der Waals surface area contributed by atoms with Gasteiger partial charge >= 0.3 is 0 Å². The van der Waals surface area contributed by atoms with Crippen molar-refractivity contribution in [3.8, 4) is 11.8 Å². The summed E-state index contributed by atoms with van der Waals surface area (Å²) in [6.07, 6.45) is 1.14. The molecule has 1 fully saturated rings. The molecule has 2 aromatic carbocycles. The average Bonchev–Trinajstić information content (AvgIpc) is 2.66. The second kappa shape index (κ2) is 7.82. The third-order valence-electron chi connectivity index (χ3n) is 4.23. The first-order valence-corrected chi connectivity index (χ1v) is 8.35. The molecule has 1 heterocycles. The van der Waals surface area contributed by atoms with Crippen LogP contribution < -0.4 is 4.74 Å². The Balaban J connectivity index is 1.66. The highest BCUT2D eigenvalue weighted by molar-refractivity contribution is 5.94. The van der Waals surface area contributed by atoms with Crippen molar-refractivity contribution in [3.63, 3.8) is 0 Å². The number of hydrogen-bond acceptors (Lipinski definition) is 4. The highest BCUT2D eigenvalue weighted by Crippen LogP contribution is 2.17. The second-order valence-electron chi connectivity index (χ2n) is 6.18. The zero-order valence-corrected chi connectivity index (χ0v) is 13.9. The first-order valence-electron chi connectivity index (χ1n) is 8.35. The lowest BCUT2D eigenvalue weighted by Crippen LogP contribution is -2.42. The molecular formula is C20H20N2O3. The third-order valence-corrected chi connectivity index (χ3v) is 4.23. The summed E-state index contributed by atoms with van der Waals surface area (Å²) in [5.74, 6) is 0.557. The molecule has 0 bridgehead atoms. The van der Waals surface area contributed by atoms with Crippen LogP contribution in [0.15, 0.2) is 48.5 Å². The molecule has 1 aliphatic heterocycles. The Labute approximate surface area is 147 Å². The molecule has 2 aromatic rings. The number of ether oxygens (including phenoxy) is 1. The van der Waals surface area contributed by atoms with Crippen molar-refractivity contribution in [3.05, 3.63) is 65.2 Å². The Kier molecular flexibility index (Phi) is 5.32. The number of piperidine rings is 1. The molecule has 0 unspecified atom stereocenters. The fourth-order valence-electron chi connectivity index (χ4n) is 2.94. The Hall–Kier alpha value is -2.84. The van der Waals surface area contributed by atoms with E-state index in [1.54, 1.807) is 35.2 Å². The number of amides is 1. The molecule has 5 heteroatoms. The Morgan fingerprint density at radius 3 is 2.92 bits per heavy atom. The summed E-state index contributed by atoms with van der Waals surface area (Å²) < 4.78 is 5.72. The molecule has 0 radical (unpaired) electrons. The van der Waals surface area contributed by atoms with Gasteiger partial charge in [0.15, 0.2) is 0 Å². The standard InChI is InChI=1S/C20H20N2O3/c21-12-15-4-2-8-19(11-15)25-14-16-5-1-6-17(10-16)20(24)22-9-3-7-18(23)13-22/h1-2,4-6,8,10-11,18,23H,3,7,9,13-14H2/t18-/m1/s1. The van der Waals surface area contributed by atoms with Crippen molar-refractivity contribution in [2.45, 2.75) is 25.6 Å². The normalized spacial score (nSPS) is 17.0. The molecular weight excluding hydrogens is 316 g/mol. The van der Waals surface area contributed by atoms with E-state index in [-0.39, 0.29) is 5.91 Å². The van der Waals surface area contributed by atoms with Crippen molar-refractivity contribution < 1.29 is 14.6 Å². The molecule has 25 heavy (non-hydrogen) atoms. The maximum absolute atomic E-state index is 12.6. The van der Waals surface area contributed by atoms with E-state index in [2.05, 4.69) is 6.07 Å². The molecule has 1 atom stereocenters. The van der Waals surface area contributed by atoms with Crippen LogP contribution in [-0.2, 0) is 6.61 Å². The maximum Gasteiger partial charge on any atom is 0.253 e. The quantitative estimate of drug-likeness (QED) is 0.932. The molecule has 0 aromatic heterocycles. The van der Waals surface area contributed by atoms with Gasteiger partial charge in [0.2, 0.25) is 0 Å². The minimum absolute atomic E-state index is 0.0629. The van der Waals surface area contributed by atoms with Crippen LogP contribution in [0.4, 0.5) is 0 Å². The van der Waals surface area contributed by atoms with Gasteiger partial charge < -0.3 is 14.7 Å². The molecule has 1 aliphatic rings. The van der Waals surface area contributed by atoms with Gasteiger partial charge in [0.25, 0.3) is 5.91 Å². The third kappa shape index (κ3) is 4.37. The fourth-order valence-corrected chi connectivity index (χ4v) is 2.94. The monoisotopic (exact) mass is 336 g/mol. The van der Waals surface area contributed by atoms with Gasteiger partial charge in [-0.1, -0.05) is 18.2 Å². The van der Waals surface area contributed by atoms with E-state index in [9.17, 15) is 9.90 Å². The van der Waals surface area contributed by atoms with E-state index in [4.69, 9.17) is 10.00 Å². The van der Waals surface area contributed by atoms with Crippen LogP contribution in [0.3, 0.4) is 0 Å². The zero-order valence-electron chi connectivity index (χ0n) is 13.9. The molecule has 128 valence electrons. The predicted molar refractivity (Wildman–Crippen MR) is 93.1 cm³/mol. The topological polar surface area (TPSA) is 73.6 Å². The number of β-amino-alcohol motifs (C(OH)–C–C–N with tert-alkyl or cyclic N) is 1. The number of nitrogens with zero attached hydrogens (tertiary/aromatic N) is 2. The predicted octanol–water partition coefficient (Wildman–Crippen LogP) is 2.73. The maximum atomic E-state index is 12.6. The largest absolute Gasteiger partial charge is 0.489 e. The number of aliphatic hydroxyl groups excluding tert-OH is 1. The van der Waals surface area contributed by atoms with Gasteiger partial charge in [-0.15, -0.1) is 0 Å². The fraction of sp³-hybridized carbons (Fsp3) is 0.300. The second-order valence-corrected chi connectivity index (χ2v) is 6.18. The van der Waals surface area contributed by atoms with E-state index in [1.165, 1.54) is 0 Å². The number of carbonyl (C=O) groups excluding carboxylic acids is 1. The number of carbonyl (C=O) groups is 1. The molecule has 1 saturated heterocycles. The van der Waals surface area contributed by atoms with Gasteiger partial charge in [0, 0.05) is 18.7 Å². The van der Waals surface area contributed by atoms with Crippen LogP contribution in [0.2, 0.25) is 0 Å². The molecule has 1 N–H and O–H groups in total. The highest BCUT2D eigenvalue weighted by Gasteiger charge is 2.23. The van der Waals surface area contributed by atoms with Gasteiger partial charge in [-0.2, -0.15) is 5.26 Å². The number of likely N-dealkylation sites (tertiary alicyclic amines) is 1. The summed E-state index contributed by atoms with van der Waals surface area (Å²) in [7, 11) is 0. The lowest BCUT2D eigenvalue weighted by molar-refractivity contribution is 0.0473. The van der Waals surface area contributed by atoms with E-state index in [0.717, 1.165) is 18.4 Å². The zero-order chi connectivity index (χ0) is 17.6. The SMILES string of the molecule is N#Cc1cccc(OCc2cccc(C(=O)N3CCC[C@@H](O)C3)c2)c1. The first-order chi connectivity index (χ1) is 12.2. The first kappa shape index (κ1) is 17.0. The summed E-state index contributed by atoms with van der Waals surface area (Å²) >= 11 is 0. The van der Waals surface area contributed by atoms with Crippen LogP contribution in [0.5, 0.6) is 5.75 Å². The molecule has 3 rings (SSSR count). The molecule has 1 amide bonds. The Bertz CT molecular complexity index is 798. The molecule has 0 aliphatic carbocycles. The van der Waals surface area contributed by atoms with Gasteiger partial charge in [-0.3, -0.25) is 4.79 Å². The Morgan fingerprint density at radius 1 is 1.28 bits per heavy atom. The van der Waals surface area contributed by atoms with Gasteiger partial charge in [-0.05, 0) is 48.7 Å². The number of hydrogen-bond donors (Lipinski definition) is 1. The smallest absolute Gasteiger partial charge is 0.253 e. The van der Waals surface area contributed by atoms with E-state index < -0.39 is 6.10 Å². The number of nitriles is 1. The summed E-state index contributed by atoms with van der Waals surface area (Å²) in [5, 5.41) is 18.7. The van der Waals surface area contributed by atoms with Gasteiger partial charge in [0.1, 0.15) is 12.4 Å². The van der Waals surface area contributed by atoms with Crippen LogP contribution in [-0.4, -0.2) is 35.1 Å². The lowest BCUT2D eigenvalue weighted by atomic mass is 10.1. The van der Waals surface area contributed by atoms with Gasteiger partial charge in [-0.25, -0.2) is 0 Å². The van der Waals surface area contributed by atoms with Crippen molar-refractivity contribution in [1.82, 2.24) is 4.90 Å². The summed E-state index contributed by atoms with van der Waals surface area (Å²) in [6, 6.07) is 16.4. The molecule has 0 spiro atoms. The minimum atomic E-state index is -0.434. The van der Waals surface area contributed by atoms with Crippen molar-refractivity contribution in [2.24, 2.45) is 0 Å². The highest BCUT2D eigenvalue weighted by atomic mass is 16.5. The van der Waals surface area contributed by atoms with Crippen LogP contribution in [0.1, 0.15) is 34.3 Å². The molecule has 5 nitrogen and oxygen atoms in total. The van der Waals surface area contributed by atoms with Crippen LogP contribution in [0, 0.1) is 11.3 Å². The van der Waals surface area contributed by atoms with Crippen molar-refractivity contribution in [2.75, 3.05) is 13.1 Å². The summed E-state index contributed by atoms with van der Waals surface area (Å²) in [6.45, 7) is 1.39. The number of aliphatic hydroxyl groups is 1. The number of benzene rings is 2. The van der Waals surface area contributed by atoms with Crippen molar-refractivity contribution >= 4 is 5.91 Å². The Morgan fingerprint density at radius 2 is 2.12 bits per heavy atom. The van der Waals surface area contributed by atoms with E-state index >= 15 is 0 Å². The average molecular weight is 336 g/mol. The van der Waals surface area contributed by atoms with Crippen LogP contribution >= 0.6 is 0 Å². The van der Waals surface area contributed by atoms with Gasteiger partial charge in [0.05, 0.1) is 17.7 Å². The van der Waals surface area contributed by atoms with E-state index in [1.807, 2.05) is 18.2 Å². The lowest BCUT2D eigenvalue weighted by Gasteiger charge is -2.30. The molecule has 0 saturated carbocycles. The summed E-state index contributed by atoms with van der Waals surface area (Å²) in [5.41, 5.74) is 2.02. The number of rotatable bonds is 4. The minimum Gasteiger partial charge on any atom is -0.489 e. The van der Waals surface area contributed by atoms with Crippen molar-refractivity contribution in [1.29, 1.82) is 5.26 Å².